The van der Waals surface area contributed by atoms with E-state index in [4.69, 9.17) is 11.5 Å². The van der Waals surface area contributed by atoms with Crippen molar-refractivity contribution in [3.63, 3.8) is 0 Å². The van der Waals surface area contributed by atoms with Crippen molar-refractivity contribution in [3.8, 4) is 0 Å². The number of hydrogen-bond acceptors (Lipinski definition) is 2. The zero-order valence-corrected chi connectivity index (χ0v) is 14.6. The van der Waals surface area contributed by atoms with Gasteiger partial charge in [-0.3, -0.25) is 0 Å². The van der Waals surface area contributed by atoms with Crippen molar-refractivity contribution < 1.29 is 0 Å². The van der Waals surface area contributed by atoms with Gasteiger partial charge in [-0.05, 0) is 0 Å². The van der Waals surface area contributed by atoms with Gasteiger partial charge in [0.2, 0.25) is 0 Å². The fourth-order valence-electron chi connectivity index (χ4n) is 3.81. The SMILES string of the molecule is NC1=[CH][In]([CH]2CC(N)c3ccccc32)[c]2ccccc21. The average Bonchev–Trinajstić information content (AvgIpc) is 2.99. The standard InChI is InChI=1S/C9H10N.C8H7N.In/c10-9-6-5-7-3-1-2-4-8(7)9;1-7(9)8-5-3-2-4-6-8;/h1-5,9H,6,10H2;1-5H,9H2;. The number of benzene rings is 2. The molecule has 98 valence electrons. The first-order valence-corrected chi connectivity index (χ1v) is 12.6. The van der Waals surface area contributed by atoms with Crippen LogP contribution in [0.3, 0.4) is 0 Å². The molecule has 0 bridgehead atoms. The molecule has 0 saturated heterocycles. The summed E-state index contributed by atoms with van der Waals surface area (Å²) in [6.07, 6.45) is 1.10. The Hall–Kier alpha value is -1.19. The average molecular weight is 364 g/mol. The first kappa shape index (κ1) is 12.5. The predicted molar refractivity (Wildman–Crippen MR) is 84.7 cm³/mol. The molecule has 1 heterocycles. The van der Waals surface area contributed by atoms with Crippen LogP contribution in [-0.4, -0.2) is 21.4 Å². The van der Waals surface area contributed by atoms with E-state index >= 15 is 0 Å². The van der Waals surface area contributed by atoms with E-state index in [-0.39, 0.29) is 6.04 Å². The molecule has 2 atom stereocenters. The van der Waals surface area contributed by atoms with Crippen molar-refractivity contribution in [2.45, 2.75) is 16.1 Å². The maximum absolute atomic E-state index is 6.34. The molecule has 0 fully saturated rings. The van der Waals surface area contributed by atoms with Gasteiger partial charge in [-0.15, -0.1) is 0 Å². The Morgan fingerprint density at radius 3 is 2.50 bits per heavy atom. The summed E-state index contributed by atoms with van der Waals surface area (Å²) in [5.74, 6) is 0. The second kappa shape index (κ2) is 4.68. The van der Waals surface area contributed by atoms with Crippen molar-refractivity contribution in [3.05, 3.63) is 69.1 Å². The van der Waals surface area contributed by atoms with E-state index in [0.717, 1.165) is 12.1 Å². The fraction of sp³-hybridized carbons (Fsp3) is 0.176. The molecular weight excluding hydrogens is 347 g/mol. The monoisotopic (exact) mass is 364 g/mol. The minimum absolute atomic E-state index is 0.204. The predicted octanol–water partition coefficient (Wildman–Crippen LogP) is 1.97. The molecular formula is C17H17InN2. The van der Waals surface area contributed by atoms with Crippen molar-refractivity contribution in [2.75, 3.05) is 0 Å². The van der Waals surface area contributed by atoms with Crippen molar-refractivity contribution in [1.82, 2.24) is 0 Å². The van der Waals surface area contributed by atoms with E-state index in [2.05, 4.69) is 52.4 Å². The van der Waals surface area contributed by atoms with E-state index in [0.29, 0.717) is 3.67 Å². The summed E-state index contributed by atoms with van der Waals surface area (Å²) in [6.45, 7) is 0. The van der Waals surface area contributed by atoms with E-state index in [1.54, 1.807) is 3.32 Å². The molecule has 1 aliphatic carbocycles. The first-order valence-electron chi connectivity index (χ1n) is 7.16. The molecule has 2 aromatic carbocycles. The number of fused-ring (bicyclic) bond motifs is 2. The zero-order valence-electron chi connectivity index (χ0n) is 11.3. The Morgan fingerprint density at radius 2 is 1.65 bits per heavy atom. The van der Waals surface area contributed by atoms with Crippen molar-refractivity contribution in [1.29, 1.82) is 0 Å². The van der Waals surface area contributed by atoms with Crippen molar-refractivity contribution in [2.24, 2.45) is 11.5 Å². The van der Waals surface area contributed by atoms with Crippen LogP contribution < -0.4 is 14.8 Å². The first-order chi connectivity index (χ1) is 9.75. The van der Waals surface area contributed by atoms with Crippen LogP contribution in [0, 0.1) is 0 Å². The van der Waals surface area contributed by atoms with Gasteiger partial charge in [0.15, 0.2) is 0 Å². The minimum atomic E-state index is -2.05. The number of hydrogen-bond donors (Lipinski definition) is 2. The molecule has 1 aliphatic heterocycles. The molecule has 2 unspecified atom stereocenters. The summed E-state index contributed by atoms with van der Waals surface area (Å²) in [7, 11) is 0. The molecule has 2 aliphatic rings. The van der Waals surface area contributed by atoms with Crippen molar-refractivity contribution >= 4 is 30.5 Å². The van der Waals surface area contributed by atoms with Crippen LogP contribution >= 0.6 is 0 Å². The second-order valence-electron chi connectivity index (χ2n) is 5.81. The summed E-state index contributed by atoms with van der Waals surface area (Å²) < 4.78 is 4.64. The van der Waals surface area contributed by atoms with Gasteiger partial charge in [-0.2, -0.15) is 0 Å². The molecule has 0 aromatic heterocycles. The molecule has 0 radical (unpaired) electrons. The van der Waals surface area contributed by atoms with E-state index in [9.17, 15) is 0 Å². The molecule has 0 spiro atoms. The molecule has 0 saturated carbocycles. The summed E-state index contributed by atoms with van der Waals surface area (Å²) in [5.41, 5.74) is 17.7. The normalized spacial score (nSPS) is 23.4. The summed E-state index contributed by atoms with van der Waals surface area (Å²) in [5, 5.41) is 0. The molecule has 0 amide bonds. The molecule has 4 rings (SSSR count). The molecule has 3 heteroatoms. The van der Waals surface area contributed by atoms with Crippen LogP contribution in [-0.2, 0) is 0 Å². The van der Waals surface area contributed by atoms with Crippen LogP contribution in [0.25, 0.3) is 5.70 Å². The Morgan fingerprint density at radius 1 is 0.950 bits per heavy atom. The second-order valence-corrected chi connectivity index (χ2v) is 13.8. The van der Waals surface area contributed by atoms with E-state index < -0.39 is 21.4 Å². The van der Waals surface area contributed by atoms with E-state index in [1.165, 1.54) is 16.7 Å². The fourth-order valence-corrected chi connectivity index (χ4v) is 14.2. The summed E-state index contributed by atoms with van der Waals surface area (Å²) >= 11 is -2.05. The quantitative estimate of drug-likeness (QED) is 0.813. The molecule has 2 nitrogen and oxygen atoms in total. The third kappa shape index (κ3) is 1.76. The van der Waals surface area contributed by atoms with Crippen LogP contribution in [0.1, 0.15) is 32.8 Å². The van der Waals surface area contributed by atoms with Gasteiger partial charge < -0.3 is 0 Å². The number of nitrogens with two attached hydrogens (primary N) is 2. The molecule has 2 aromatic rings. The van der Waals surface area contributed by atoms with Gasteiger partial charge in [-0.25, -0.2) is 0 Å². The Kier molecular flexibility index (Phi) is 2.93. The molecule has 4 N–H and O–H groups in total. The van der Waals surface area contributed by atoms with Gasteiger partial charge in [-0.1, -0.05) is 0 Å². The number of rotatable bonds is 1. The third-order valence-corrected chi connectivity index (χ3v) is 14.5. The summed E-state index contributed by atoms with van der Waals surface area (Å²) in [4.78, 5) is 0. The Labute approximate surface area is 127 Å². The Bertz CT molecular complexity index is 708. The van der Waals surface area contributed by atoms with Gasteiger partial charge >= 0.3 is 127 Å². The molecule has 20 heavy (non-hydrogen) atoms. The summed E-state index contributed by atoms with van der Waals surface area (Å²) in [6, 6.07) is 17.6. The van der Waals surface area contributed by atoms with Crippen LogP contribution in [0.2, 0.25) is 0 Å². The van der Waals surface area contributed by atoms with Crippen LogP contribution in [0.5, 0.6) is 0 Å². The zero-order chi connectivity index (χ0) is 13.7. The van der Waals surface area contributed by atoms with Gasteiger partial charge in [0.05, 0.1) is 0 Å². The topological polar surface area (TPSA) is 52.0 Å². The van der Waals surface area contributed by atoms with Gasteiger partial charge in [0, 0.05) is 0 Å². The van der Waals surface area contributed by atoms with Gasteiger partial charge in [0.25, 0.3) is 0 Å². The third-order valence-electron chi connectivity index (χ3n) is 4.73. The van der Waals surface area contributed by atoms with Crippen LogP contribution in [0.4, 0.5) is 0 Å². The Balaban J connectivity index is 1.82. The van der Waals surface area contributed by atoms with Gasteiger partial charge in [0.1, 0.15) is 0 Å². The maximum atomic E-state index is 6.34. The van der Waals surface area contributed by atoms with Crippen LogP contribution in [0.15, 0.2) is 52.4 Å². The van der Waals surface area contributed by atoms with E-state index in [1.807, 2.05) is 0 Å².